The number of hydrogen-bond donors (Lipinski definition) is 2. The van der Waals surface area contributed by atoms with E-state index in [4.69, 9.17) is 5.73 Å². The molecule has 0 atom stereocenters. The van der Waals surface area contributed by atoms with Gasteiger partial charge in [-0.1, -0.05) is 0 Å². The maximum Gasteiger partial charge on any atom is 0.271 e. The van der Waals surface area contributed by atoms with Gasteiger partial charge in [-0.05, 0) is 18.6 Å². The molecule has 18 heavy (non-hydrogen) atoms. The third-order valence-electron chi connectivity index (χ3n) is 2.41. The Morgan fingerprint density at radius 1 is 1.56 bits per heavy atom. The van der Waals surface area contributed by atoms with Crippen molar-refractivity contribution in [3.8, 4) is 0 Å². The van der Waals surface area contributed by atoms with E-state index in [2.05, 4.69) is 9.82 Å². The second-order valence-corrected chi connectivity index (χ2v) is 6.93. The number of nitrogens with two attached hydrogens (primary N) is 1. The van der Waals surface area contributed by atoms with Crippen LogP contribution in [0.25, 0.3) is 0 Å². The molecule has 0 saturated heterocycles. The van der Waals surface area contributed by atoms with Gasteiger partial charge in [0, 0.05) is 24.7 Å². The number of thiophene rings is 1. The standard InChI is InChI=1S/C10H14N4O2S2/c1-7-3-10(17-9(7)4-11)18(15,16)13-8-5-12-14(2)6-8/h3,5-6,13H,4,11H2,1-2H3. The van der Waals surface area contributed by atoms with Crippen molar-refractivity contribution in [3.05, 3.63) is 28.9 Å². The van der Waals surface area contributed by atoms with E-state index in [-0.39, 0.29) is 4.21 Å². The number of nitrogens with zero attached hydrogens (tertiary/aromatic N) is 2. The first-order chi connectivity index (χ1) is 8.42. The van der Waals surface area contributed by atoms with Crippen molar-refractivity contribution in [2.75, 3.05) is 4.72 Å². The Kier molecular flexibility index (Phi) is 3.42. The molecule has 0 aliphatic carbocycles. The number of sulfonamides is 1. The van der Waals surface area contributed by atoms with Crippen LogP contribution < -0.4 is 10.5 Å². The monoisotopic (exact) mass is 286 g/mol. The molecule has 2 aromatic heterocycles. The van der Waals surface area contributed by atoms with E-state index in [1.165, 1.54) is 22.2 Å². The van der Waals surface area contributed by atoms with E-state index in [0.717, 1.165) is 10.4 Å². The number of nitrogens with one attached hydrogen (secondary N) is 1. The van der Waals surface area contributed by atoms with Crippen molar-refractivity contribution in [1.82, 2.24) is 9.78 Å². The Balaban J connectivity index is 2.30. The summed E-state index contributed by atoms with van der Waals surface area (Å²) in [5, 5.41) is 3.91. The first kappa shape index (κ1) is 13.1. The zero-order valence-corrected chi connectivity index (χ0v) is 11.7. The molecule has 8 heteroatoms. The van der Waals surface area contributed by atoms with E-state index < -0.39 is 10.0 Å². The molecule has 0 bridgehead atoms. The first-order valence-electron chi connectivity index (χ1n) is 5.23. The predicted molar refractivity (Wildman–Crippen MR) is 71.0 cm³/mol. The van der Waals surface area contributed by atoms with E-state index in [9.17, 15) is 8.42 Å². The van der Waals surface area contributed by atoms with Crippen molar-refractivity contribution in [2.24, 2.45) is 12.8 Å². The lowest BCUT2D eigenvalue weighted by molar-refractivity contribution is 0.603. The summed E-state index contributed by atoms with van der Waals surface area (Å²) in [7, 11) is -1.83. The van der Waals surface area contributed by atoms with E-state index in [1.807, 2.05) is 6.92 Å². The third kappa shape index (κ3) is 2.55. The van der Waals surface area contributed by atoms with Crippen LogP contribution >= 0.6 is 11.3 Å². The van der Waals surface area contributed by atoms with Gasteiger partial charge in [0.15, 0.2) is 0 Å². The number of aryl methyl sites for hydroxylation is 2. The van der Waals surface area contributed by atoms with Crippen molar-refractivity contribution < 1.29 is 8.42 Å². The molecule has 0 aliphatic heterocycles. The SMILES string of the molecule is Cc1cc(S(=O)(=O)Nc2cnn(C)c2)sc1CN. The predicted octanol–water partition coefficient (Wildman–Crippen LogP) is 1.05. The quantitative estimate of drug-likeness (QED) is 0.879. The Labute approximate surface area is 109 Å². The molecule has 0 radical (unpaired) electrons. The Bertz CT molecular complexity index is 657. The summed E-state index contributed by atoms with van der Waals surface area (Å²) in [5.41, 5.74) is 6.88. The molecule has 0 aromatic carbocycles. The highest BCUT2D eigenvalue weighted by atomic mass is 32.2. The maximum absolute atomic E-state index is 12.1. The Hall–Kier alpha value is -1.38. The van der Waals surface area contributed by atoms with Crippen LogP contribution in [0.2, 0.25) is 0 Å². The fourth-order valence-corrected chi connectivity index (χ4v) is 4.00. The van der Waals surface area contributed by atoms with Gasteiger partial charge in [0.05, 0.1) is 11.9 Å². The average molecular weight is 286 g/mol. The highest BCUT2D eigenvalue weighted by Gasteiger charge is 2.19. The van der Waals surface area contributed by atoms with Crippen LogP contribution in [0.1, 0.15) is 10.4 Å². The van der Waals surface area contributed by atoms with Crippen LogP contribution in [0, 0.1) is 6.92 Å². The van der Waals surface area contributed by atoms with Gasteiger partial charge in [-0.3, -0.25) is 9.40 Å². The zero-order chi connectivity index (χ0) is 13.3. The molecule has 0 unspecified atom stereocenters. The molecule has 0 amide bonds. The van der Waals surface area contributed by atoms with Crippen LogP contribution in [0.4, 0.5) is 5.69 Å². The second-order valence-electron chi connectivity index (χ2n) is 3.88. The van der Waals surface area contributed by atoms with Crippen molar-refractivity contribution in [1.29, 1.82) is 0 Å². The van der Waals surface area contributed by atoms with Gasteiger partial charge in [0.2, 0.25) is 0 Å². The molecular formula is C10H14N4O2S2. The van der Waals surface area contributed by atoms with E-state index in [0.29, 0.717) is 12.2 Å². The summed E-state index contributed by atoms with van der Waals surface area (Å²) in [5.74, 6) is 0. The lowest BCUT2D eigenvalue weighted by Gasteiger charge is -2.02. The largest absolute Gasteiger partial charge is 0.326 e. The Morgan fingerprint density at radius 3 is 2.78 bits per heavy atom. The van der Waals surface area contributed by atoms with Gasteiger partial charge in [-0.25, -0.2) is 8.42 Å². The van der Waals surface area contributed by atoms with E-state index >= 15 is 0 Å². The zero-order valence-electron chi connectivity index (χ0n) is 10.0. The molecule has 0 fully saturated rings. The van der Waals surface area contributed by atoms with Crippen molar-refractivity contribution >= 4 is 27.0 Å². The molecule has 0 saturated carbocycles. The van der Waals surface area contributed by atoms with Gasteiger partial charge in [0.1, 0.15) is 4.21 Å². The van der Waals surface area contributed by atoms with Crippen LogP contribution in [-0.4, -0.2) is 18.2 Å². The minimum absolute atomic E-state index is 0.268. The van der Waals surface area contributed by atoms with Crippen LogP contribution in [0.5, 0.6) is 0 Å². The molecule has 2 aromatic rings. The summed E-state index contributed by atoms with van der Waals surface area (Å²) in [6, 6.07) is 1.63. The normalized spacial score (nSPS) is 11.7. The molecule has 3 N–H and O–H groups in total. The van der Waals surface area contributed by atoms with Gasteiger partial charge in [-0.2, -0.15) is 5.10 Å². The summed E-state index contributed by atoms with van der Waals surface area (Å²) in [6.07, 6.45) is 3.06. The highest BCUT2D eigenvalue weighted by molar-refractivity contribution is 7.94. The number of anilines is 1. The molecule has 0 spiro atoms. The summed E-state index contributed by atoms with van der Waals surface area (Å²) in [4.78, 5) is 0.876. The summed E-state index contributed by atoms with van der Waals surface area (Å²) < 4.78 is 28.5. The lowest BCUT2D eigenvalue weighted by Crippen LogP contribution is -2.10. The smallest absolute Gasteiger partial charge is 0.271 e. The fourth-order valence-electron chi connectivity index (χ4n) is 1.50. The number of hydrogen-bond acceptors (Lipinski definition) is 5. The molecular weight excluding hydrogens is 272 g/mol. The minimum Gasteiger partial charge on any atom is -0.326 e. The lowest BCUT2D eigenvalue weighted by atomic mass is 10.3. The van der Waals surface area contributed by atoms with Crippen molar-refractivity contribution in [2.45, 2.75) is 17.7 Å². The van der Waals surface area contributed by atoms with Gasteiger partial charge >= 0.3 is 0 Å². The summed E-state index contributed by atoms with van der Waals surface area (Å²) >= 11 is 1.19. The van der Waals surface area contributed by atoms with Crippen molar-refractivity contribution in [3.63, 3.8) is 0 Å². The average Bonchev–Trinajstić information content (AvgIpc) is 2.84. The molecule has 2 rings (SSSR count). The van der Waals surface area contributed by atoms with Crippen LogP contribution in [0.3, 0.4) is 0 Å². The molecule has 2 heterocycles. The topological polar surface area (TPSA) is 90.0 Å². The number of aromatic nitrogens is 2. The summed E-state index contributed by atoms with van der Waals surface area (Å²) in [6.45, 7) is 2.20. The first-order valence-corrected chi connectivity index (χ1v) is 7.53. The van der Waals surface area contributed by atoms with Crippen LogP contribution in [-0.2, 0) is 23.6 Å². The highest BCUT2D eigenvalue weighted by Crippen LogP contribution is 2.27. The molecule has 0 aliphatic rings. The second kappa shape index (κ2) is 4.71. The number of rotatable bonds is 4. The molecule has 98 valence electrons. The van der Waals surface area contributed by atoms with Gasteiger partial charge in [-0.15, -0.1) is 11.3 Å². The Morgan fingerprint density at radius 2 is 2.28 bits per heavy atom. The molecule has 6 nitrogen and oxygen atoms in total. The van der Waals surface area contributed by atoms with Crippen LogP contribution in [0.15, 0.2) is 22.7 Å². The minimum atomic E-state index is -3.55. The fraction of sp³-hybridized carbons (Fsp3) is 0.300. The van der Waals surface area contributed by atoms with Gasteiger partial charge < -0.3 is 5.73 Å². The van der Waals surface area contributed by atoms with E-state index in [1.54, 1.807) is 19.3 Å². The maximum atomic E-state index is 12.1. The van der Waals surface area contributed by atoms with Gasteiger partial charge in [0.25, 0.3) is 10.0 Å². The third-order valence-corrected chi connectivity index (χ3v) is 5.52.